The van der Waals surface area contributed by atoms with E-state index >= 15 is 0 Å². The van der Waals surface area contributed by atoms with Crippen LogP contribution >= 0.6 is 0 Å². The summed E-state index contributed by atoms with van der Waals surface area (Å²) in [6.45, 7) is 2.30. The van der Waals surface area contributed by atoms with Gasteiger partial charge in [0.25, 0.3) is 0 Å². The van der Waals surface area contributed by atoms with Crippen molar-refractivity contribution in [3.63, 3.8) is 0 Å². The lowest BCUT2D eigenvalue weighted by Crippen LogP contribution is -2.51. The summed E-state index contributed by atoms with van der Waals surface area (Å²) in [5.74, 6) is 0. The van der Waals surface area contributed by atoms with Gasteiger partial charge in [-0.25, -0.2) is 0 Å². The highest BCUT2D eigenvalue weighted by molar-refractivity contribution is 5.02. The molecule has 0 aromatic heterocycles. The smallest absolute Gasteiger partial charge is 0.0155 e. The van der Waals surface area contributed by atoms with Crippen molar-refractivity contribution >= 4 is 0 Å². The van der Waals surface area contributed by atoms with Crippen LogP contribution in [-0.2, 0) is 0 Å². The van der Waals surface area contributed by atoms with Crippen molar-refractivity contribution in [1.29, 1.82) is 0 Å². The minimum absolute atomic E-state index is 0.256. The molecule has 0 atom stereocenters. The van der Waals surface area contributed by atoms with Crippen LogP contribution in [0.2, 0.25) is 0 Å². The molecule has 0 aromatic carbocycles. The lowest BCUT2D eigenvalue weighted by molar-refractivity contribution is 0.0353. The SMILES string of the molecule is CCCCCC12CCC(N)(CC1)CC2. The Bertz CT molecular complexity index is 173. The zero-order chi connectivity index (χ0) is 10.1. The third-order valence-corrected chi connectivity index (χ3v) is 4.77. The van der Waals surface area contributed by atoms with Crippen molar-refractivity contribution in [2.45, 2.75) is 76.7 Å². The first-order valence-electron chi connectivity index (χ1n) is 6.47. The van der Waals surface area contributed by atoms with Crippen LogP contribution in [0.3, 0.4) is 0 Å². The van der Waals surface area contributed by atoms with E-state index in [1.165, 1.54) is 64.2 Å². The summed E-state index contributed by atoms with van der Waals surface area (Å²) in [5, 5.41) is 0. The molecule has 0 heterocycles. The third-order valence-electron chi connectivity index (χ3n) is 4.77. The zero-order valence-electron chi connectivity index (χ0n) is 9.65. The van der Waals surface area contributed by atoms with Gasteiger partial charge in [-0.1, -0.05) is 26.2 Å². The average molecular weight is 195 g/mol. The van der Waals surface area contributed by atoms with Gasteiger partial charge in [-0.3, -0.25) is 0 Å². The summed E-state index contributed by atoms with van der Waals surface area (Å²) in [4.78, 5) is 0. The van der Waals surface area contributed by atoms with Gasteiger partial charge in [0.1, 0.15) is 0 Å². The van der Waals surface area contributed by atoms with E-state index in [-0.39, 0.29) is 5.54 Å². The van der Waals surface area contributed by atoms with Crippen molar-refractivity contribution in [2.24, 2.45) is 11.1 Å². The standard InChI is InChI=1S/C13H25N/c1-2-3-4-5-12-6-9-13(14,10-7-12)11-8-12/h2-11,14H2,1H3. The Labute approximate surface area is 88.4 Å². The van der Waals surface area contributed by atoms with Crippen LogP contribution in [0.5, 0.6) is 0 Å². The highest BCUT2D eigenvalue weighted by Gasteiger charge is 2.45. The van der Waals surface area contributed by atoms with Gasteiger partial charge in [0.05, 0.1) is 0 Å². The Morgan fingerprint density at radius 3 is 2.00 bits per heavy atom. The van der Waals surface area contributed by atoms with Crippen LogP contribution in [0, 0.1) is 5.41 Å². The molecular formula is C13H25N. The second kappa shape index (κ2) is 3.84. The van der Waals surface area contributed by atoms with E-state index < -0.39 is 0 Å². The van der Waals surface area contributed by atoms with Crippen LogP contribution in [0.4, 0.5) is 0 Å². The van der Waals surface area contributed by atoms with Gasteiger partial charge in [-0.15, -0.1) is 0 Å². The molecule has 0 radical (unpaired) electrons. The van der Waals surface area contributed by atoms with Crippen LogP contribution in [0.1, 0.15) is 71.1 Å². The third kappa shape index (κ3) is 1.98. The molecular weight excluding hydrogens is 170 g/mol. The van der Waals surface area contributed by atoms with Gasteiger partial charge in [0, 0.05) is 5.54 Å². The number of rotatable bonds is 4. The van der Waals surface area contributed by atoms with Gasteiger partial charge < -0.3 is 5.73 Å². The number of fused-ring (bicyclic) bond motifs is 3. The van der Waals surface area contributed by atoms with Crippen molar-refractivity contribution in [2.75, 3.05) is 0 Å². The minimum atomic E-state index is 0.256. The molecule has 14 heavy (non-hydrogen) atoms. The van der Waals surface area contributed by atoms with Gasteiger partial charge in [-0.05, 0) is 50.4 Å². The van der Waals surface area contributed by atoms with E-state index in [1.54, 1.807) is 0 Å². The Hall–Kier alpha value is -0.0400. The maximum absolute atomic E-state index is 6.31. The molecule has 82 valence electrons. The van der Waals surface area contributed by atoms with Crippen LogP contribution in [-0.4, -0.2) is 5.54 Å². The summed E-state index contributed by atoms with van der Waals surface area (Å²) in [5.41, 5.74) is 7.30. The lowest BCUT2D eigenvalue weighted by atomic mass is 9.56. The van der Waals surface area contributed by atoms with Gasteiger partial charge in [-0.2, -0.15) is 0 Å². The molecule has 3 aliphatic rings. The second-order valence-corrected chi connectivity index (χ2v) is 5.82. The molecule has 0 saturated heterocycles. The number of unbranched alkanes of at least 4 members (excludes halogenated alkanes) is 2. The number of hydrogen-bond acceptors (Lipinski definition) is 1. The predicted molar refractivity (Wildman–Crippen MR) is 61.2 cm³/mol. The van der Waals surface area contributed by atoms with E-state index in [1.807, 2.05) is 0 Å². The van der Waals surface area contributed by atoms with E-state index in [0.717, 1.165) is 5.41 Å². The summed E-state index contributed by atoms with van der Waals surface area (Å²) in [6.07, 6.45) is 13.9. The van der Waals surface area contributed by atoms with Crippen LogP contribution in [0.25, 0.3) is 0 Å². The summed E-state index contributed by atoms with van der Waals surface area (Å²) >= 11 is 0. The van der Waals surface area contributed by atoms with Crippen molar-refractivity contribution in [1.82, 2.24) is 0 Å². The van der Waals surface area contributed by atoms with Gasteiger partial charge in [0.15, 0.2) is 0 Å². The fourth-order valence-electron chi connectivity index (χ4n) is 3.42. The van der Waals surface area contributed by atoms with Crippen molar-refractivity contribution in [3.8, 4) is 0 Å². The van der Waals surface area contributed by atoms with Gasteiger partial charge >= 0.3 is 0 Å². The largest absolute Gasteiger partial charge is 0.325 e. The first-order valence-corrected chi connectivity index (χ1v) is 6.47. The van der Waals surface area contributed by atoms with Crippen molar-refractivity contribution in [3.05, 3.63) is 0 Å². The molecule has 3 rings (SSSR count). The molecule has 0 unspecified atom stereocenters. The molecule has 2 N–H and O–H groups in total. The molecule has 0 aromatic rings. The van der Waals surface area contributed by atoms with E-state index in [4.69, 9.17) is 5.73 Å². The second-order valence-electron chi connectivity index (χ2n) is 5.82. The number of nitrogens with two attached hydrogens (primary N) is 1. The summed E-state index contributed by atoms with van der Waals surface area (Å²) in [6, 6.07) is 0. The Morgan fingerprint density at radius 2 is 1.50 bits per heavy atom. The fourth-order valence-corrected chi connectivity index (χ4v) is 3.42. The van der Waals surface area contributed by atoms with Crippen molar-refractivity contribution < 1.29 is 0 Å². The predicted octanol–water partition coefficient (Wildman–Crippen LogP) is 3.62. The molecule has 3 saturated carbocycles. The molecule has 0 amide bonds. The maximum Gasteiger partial charge on any atom is 0.0155 e. The van der Waals surface area contributed by atoms with E-state index in [0.29, 0.717) is 0 Å². The fraction of sp³-hybridized carbons (Fsp3) is 1.00. The molecule has 0 aliphatic heterocycles. The van der Waals surface area contributed by atoms with E-state index in [9.17, 15) is 0 Å². The Kier molecular flexibility index (Phi) is 2.88. The Balaban J connectivity index is 1.85. The first kappa shape index (κ1) is 10.5. The highest BCUT2D eigenvalue weighted by Crippen LogP contribution is 2.53. The maximum atomic E-state index is 6.31. The van der Waals surface area contributed by atoms with E-state index in [2.05, 4.69) is 6.92 Å². The molecule has 3 fully saturated rings. The molecule has 2 bridgehead atoms. The summed E-state index contributed by atoms with van der Waals surface area (Å²) < 4.78 is 0. The first-order chi connectivity index (χ1) is 6.68. The average Bonchev–Trinajstić information content (AvgIpc) is 2.21. The topological polar surface area (TPSA) is 26.0 Å². The monoisotopic (exact) mass is 195 g/mol. The minimum Gasteiger partial charge on any atom is -0.325 e. The zero-order valence-corrected chi connectivity index (χ0v) is 9.65. The quantitative estimate of drug-likeness (QED) is 0.681. The van der Waals surface area contributed by atoms with Crippen LogP contribution in [0.15, 0.2) is 0 Å². The van der Waals surface area contributed by atoms with Gasteiger partial charge in [0.2, 0.25) is 0 Å². The molecule has 1 heteroatoms. The molecule has 0 spiro atoms. The molecule has 1 nitrogen and oxygen atoms in total. The lowest BCUT2D eigenvalue weighted by Gasteiger charge is -2.52. The number of hydrogen-bond donors (Lipinski definition) is 1. The summed E-state index contributed by atoms with van der Waals surface area (Å²) in [7, 11) is 0. The highest BCUT2D eigenvalue weighted by atomic mass is 14.8. The molecule has 3 aliphatic carbocycles. The normalized spacial score (nSPS) is 41.6. The Morgan fingerprint density at radius 1 is 0.929 bits per heavy atom. The van der Waals surface area contributed by atoms with Crippen LogP contribution < -0.4 is 5.73 Å².